The number of carbonyl (C=O) groups is 1. The van der Waals surface area contributed by atoms with Crippen LogP contribution in [0.15, 0.2) is 12.3 Å². The van der Waals surface area contributed by atoms with Crippen LogP contribution in [0.5, 0.6) is 0 Å². The van der Waals surface area contributed by atoms with E-state index < -0.39 is 0 Å². The van der Waals surface area contributed by atoms with Gasteiger partial charge in [-0.1, -0.05) is 0 Å². The van der Waals surface area contributed by atoms with Crippen molar-refractivity contribution in [2.75, 3.05) is 14.2 Å². The van der Waals surface area contributed by atoms with Crippen molar-refractivity contribution in [1.29, 1.82) is 10.8 Å². The van der Waals surface area contributed by atoms with Gasteiger partial charge in [0.2, 0.25) is 0 Å². The first-order chi connectivity index (χ1) is 8.10. The molecule has 1 heterocycles. The Kier molecular flexibility index (Phi) is 7.54. The van der Waals surface area contributed by atoms with Crippen molar-refractivity contribution in [3.05, 3.63) is 28.9 Å². The highest BCUT2D eigenvalue weighted by atomic mass is 16.4. The number of pyridine rings is 1. The fourth-order valence-corrected chi connectivity index (χ4v) is 1.31. The SMILES string of the molecule is COC.Cc1cn(C=N)c(=N)cc1CCC=O. The molecule has 0 unspecified atom stereocenters. The maximum atomic E-state index is 10.2. The number of aldehydes is 1. The zero-order valence-electron chi connectivity index (χ0n) is 10.5. The molecule has 17 heavy (non-hydrogen) atoms. The number of aromatic nitrogens is 1. The summed E-state index contributed by atoms with van der Waals surface area (Å²) >= 11 is 0. The molecule has 2 N–H and O–H groups in total. The van der Waals surface area contributed by atoms with Crippen LogP contribution in [0, 0.1) is 17.7 Å². The largest absolute Gasteiger partial charge is 0.388 e. The van der Waals surface area contributed by atoms with Gasteiger partial charge in [-0.2, -0.15) is 0 Å². The monoisotopic (exact) mass is 237 g/mol. The molecule has 0 aromatic carbocycles. The minimum absolute atomic E-state index is 0.270. The average molecular weight is 237 g/mol. The third kappa shape index (κ3) is 5.21. The first-order valence-corrected chi connectivity index (χ1v) is 5.21. The summed E-state index contributed by atoms with van der Waals surface area (Å²) in [6.45, 7) is 1.92. The van der Waals surface area contributed by atoms with Crippen molar-refractivity contribution in [1.82, 2.24) is 4.57 Å². The van der Waals surface area contributed by atoms with Crippen LogP contribution in [0.4, 0.5) is 0 Å². The van der Waals surface area contributed by atoms with Gasteiger partial charge in [0.15, 0.2) is 0 Å². The highest BCUT2D eigenvalue weighted by Gasteiger charge is 1.99. The second kappa shape index (κ2) is 8.41. The van der Waals surface area contributed by atoms with Crippen LogP contribution < -0.4 is 5.49 Å². The lowest BCUT2D eigenvalue weighted by atomic mass is 10.1. The first kappa shape index (κ1) is 15.2. The summed E-state index contributed by atoms with van der Waals surface area (Å²) < 4.78 is 5.68. The van der Waals surface area contributed by atoms with E-state index in [9.17, 15) is 4.79 Å². The summed E-state index contributed by atoms with van der Waals surface area (Å²) in [6, 6.07) is 1.70. The van der Waals surface area contributed by atoms with Gasteiger partial charge in [0.05, 0.1) is 6.34 Å². The van der Waals surface area contributed by atoms with Crippen LogP contribution in [0.3, 0.4) is 0 Å². The summed E-state index contributed by atoms with van der Waals surface area (Å²) in [4.78, 5) is 10.2. The summed E-state index contributed by atoms with van der Waals surface area (Å²) in [7, 11) is 3.25. The molecule has 0 aliphatic rings. The standard InChI is InChI=1S/C10H13N3O.C2H6O/c1-8-6-13(7-11)10(12)5-9(8)3-2-4-14;1-3-2/h4-7,11-12H,2-3H2,1H3;1-2H3. The number of hydrogen-bond acceptors (Lipinski definition) is 4. The molecule has 0 saturated heterocycles. The van der Waals surface area contributed by atoms with Crippen LogP contribution in [-0.4, -0.2) is 31.4 Å². The Morgan fingerprint density at radius 1 is 1.47 bits per heavy atom. The van der Waals surface area contributed by atoms with E-state index in [0.717, 1.165) is 23.8 Å². The Labute approximate surface area is 101 Å². The molecular weight excluding hydrogens is 218 g/mol. The van der Waals surface area contributed by atoms with Crippen molar-refractivity contribution in [2.24, 2.45) is 0 Å². The van der Waals surface area contributed by atoms with Gasteiger partial charge < -0.3 is 9.53 Å². The quantitative estimate of drug-likeness (QED) is 0.467. The van der Waals surface area contributed by atoms with E-state index in [1.54, 1.807) is 26.5 Å². The molecule has 0 saturated carbocycles. The van der Waals surface area contributed by atoms with Crippen molar-refractivity contribution >= 4 is 12.6 Å². The molecule has 0 spiro atoms. The molecule has 1 aromatic rings. The van der Waals surface area contributed by atoms with Crippen molar-refractivity contribution in [3.63, 3.8) is 0 Å². The smallest absolute Gasteiger partial charge is 0.130 e. The summed E-state index contributed by atoms with van der Waals surface area (Å²) in [5.41, 5.74) is 2.28. The van der Waals surface area contributed by atoms with Gasteiger partial charge in [-0.15, -0.1) is 0 Å². The number of nitrogens with one attached hydrogen (secondary N) is 2. The third-order valence-electron chi connectivity index (χ3n) is 2.10. The first-order valence-electron chi connectivity index (χ1n) is 5.21. The molecule has 94 valence electrons. The molecule has 1 aromatic heterocycles. The van der Waals surface area contributed by atoms with Gasteiger partial charge in [0.25, 0.3) is 0 Å². The molecule has 0 aliphatic carbocycles. The van der Waals surface area contributed by atoms with Gasteiger partial charge in [0.1, 0.15) is 11.8 Å². The summed E-state index contributed by atoms with van der Waals surface area (Å²) in [5.74, 6) is 0. The van der Waals surface area contributed by atoms with Crippen LogP contribution in [0.25, 0.3) is 0 Å². The summed E-state index contributed by atoms with van der Waals surface area (Å²) in [5, 5.41) is 14.6. The molecule has 0 radical (unpaired) electrons. The highest BCUT2D eigenvalue weighted by molar-refractivity contribution is 5.55. The Hall–Kier alpha value is -1.75. The van der Waals surface area contributed by atoms with E-state index in [1.165, 1.54) is 4.57 Å². The van der Waals surface area contributed by atoms with Crippen molar-refractivity contribution in [3.8, 4) is 0 Å². The third-order valence-corrected chi connectivity index (χ3v) is 2.10. The van der Waals surface area contributed by atoms with Crippen molar-refractivity contribution < 1.29 is 9.53 Å². The van der Waals surface area contributed by atoms with Crippen LogP contribution in [-0.2, 0) is 16.0 Å². The van der Waals surface area contributed by atoms with Gasteiger partial charge in [-0.25, -0.2) is 0 Å². The number of ether oxygens (including phenoxy) is 1. The minimum atomic E-state index is 0.270. The Bertz CT molecular complexity index is 424. The van der Waals surface area contributed by atoms with Gasteiger partial charge in [0, 0.05) is 26.8 Å². The van der Waals surface area contributed by atoms with Gasteiger partial charge in [-0.05, 0) is 30.5 Å². The topological polar surface area (TPSA) is 78.9 Å². The van der Waals surface area contributed by atoms with Gasteiger partial charge >= 0.3 is 0 Å². The van der Waals surface area contributed by atoms with E-state index in [1.807, 2.05) is 6.92 Å². The summed E-state index contributed by atoms with van der Waals surface area (Å²) in [6.07, 6.45) is 4.85. The van der Waals surface area contributed by atoms with E-state index >= 15 is 0 Å². The molecule has 5 nitrogen and oxygen atoms in total. The fraction of sp³-hybridized carbons (Fsp3) is 0.417. The predicted molar refractivity (Wildman–Crippen MR) is 66.5 cm³/mol. The number of hydrogen-bond donors (Lipinski definition) is 2. The average Bonchev–Trinajstić information content (AvgIpc) is 2.30. The number of methoxy groups -OCH3 is 1. The number of aryl methyl sites for hydroxylation is 2. The molecule has 0 aliphatic heterocycles. The van der Waals surface area contributed by atoms with Crippen LogP contribution >= 0.6 is 0 Å². The molecule has 1 rings (SSSR count). The maximum absolute atomic E-state index is 10.2. The molecule has 0 bridgehead atoms. The van der Waals surface area contributed by atoms with E-state index in [2.05, 4.69) is 4.74 Å². The fourth-order valence-electron chi connectivity index (χ4n) is 1.31. The number of carbonyl (C=O) groups excluding carboxylic acids is 1. The lowest BCUT2D eigenvalue weighted by molar-refractivity contribution is -0.107. The molecule has 0 fully saturated rings. The van der Waals surface area contributed by atoms with Crippen LogP contribution in [0.2, 0.25) is 0 Å². The van der Waals surface area contributed by atoms with E-state index in [0.29, 0.717) is 12.8 Å². The zero-order chi connectivity index (χ0) is 13.3. The molecule has 5 heteroatoms. The number of nitrogens with zero attached hydrogens (tertiary/aromatic N) is 1. The lowest BCUT2D eigenvalue weighted by Crippen LogP contribution is -2.19. The zero-order valence-corrected chi connectivity index (χ0v) is 10.5. The minimum Gasteiger partial charge on any atom is -0.388 e. The number of rotatable bonds is 4. The van der Waals surface area contributed by atoms with Gasteiger partial charge in [-0.3, -0.25) is 15.4 Å². The van der Waals surface area contributed by atoms with Crippen LogP contribution in [0.1, 0.15) is 17.5 Å². The Balaban J connectivity index is 0.000000770. The molecule has 0 atom stereocenters. The van der Waals surface area contributed by atoms with E-state index in [4.69, 9.17) is 10.8 Å². The second-order valence-electron chi connectivity index (χ2n) is 3.52. The second-order valence-corrected chi connectivity index (χ2v) is 3.52. The Morgan fingerprint density at radius 3 is 2.53 bits per heavy atom. The van der Waals surface area contributed by atoms with Crippen molar-refractivity contribution in [2.45, 2.75) is 19.8 Å². The normalized spacial score (nSPS) is 9.12. The lowest BCUT2D eigenvalue weighted by Gasteiger charge is -2.06. The highest BCUT2D eigenvalue weighted by Crippen LogP contribution is 2.05. The Morgan fingerprint density at radius 2 is 2.06 bits per heavy atom. The predicted octanol–water partition coefficient (Wildman–Crippen LogP) is 1.13. The molecule has 0 amide bonds. The maximum Gasteiger partial charge on any atom is 0.130 e. The van der Waals surface area contributed by atoms with E-state index in [-0.39, 0.29) is 5.49 Å². The molecular formula is C12H19N3O2.